The number of β-lactam (4-membered cyclic amide) rings is 1. The summed E-state index contributed by atoms with van der Waals surface area (Å²) in [5.41, 5.74) is 2.04. The molecule has 3 unspecified atom stereocenters. The molecule has 1 saturated heterocycles. The van der Waals surface area contributed by atoms with Gasteiger partial charge in [0.05, 0.1) is 20.3 Å². The number of esters is 1. The summed E-state index contributed by atoms with van der Waals surface area (Å²) in [6.07, 6.45) is -0.569. The smallest absolute Gasteiger partial charge is 0.304 e. The SMILES string of the molecule is COc1ccc(CC(Cc2ccc(OC)cc2)N2C(=O)C(C(C)O)C2OC(C)=O)cc1. The summed E-state index contributed by atoms with van der Waals surface area (Å²) in [6, 6.07) is 15.1. The minimum Gasteiger partial charge on any atom is -0.497 e. The molecule has 1 amide bonds. The van der Waals surface area contributed by atoms with E-state index < -0.39 is 24.2 Å². The molecule has 2 aromatic rings. The monoisotopic (exact) mass is 427 g/mol. The molecule has 3 rings (SSSR count). The molecule has 166 valence electrons. The first-order valence-electron chi connectivity index (χ1n) is 10.3. The number of benzene rings is 2. The van der Waals surface area contributed by atoms with Gasteiger partial charge in [0.2, 0.25) is 5.91 Å². The number of aliphatic hydroxyl groups excluding tert-OH is 1. The van der Waals surface area contributed by atoms with Crippen LogP contribution in [0, 0.1) is 5.92 Å². The Hall–Kier alpha value is -3.06. The van der Waals surface area contributed by atoms with Crippen molar-refractivity contribution in [1.82, 2.24) is 4.90 Å². The van der Waals surface area contributed by atoms with Crippen LogP contribution in [0.3, 0.4) is 0 Å². The van der Waals surface area contributed by atoms with Crippen LogP contribution in [0.1, 0.15) is 25.0 Å². The van der Waals surface area contributed by atoms with Gasteiger partial charge in [-0.3, -0.25) is 9.59 Å². The number of rotatable bonds is 9. The first-order chi connectivity index (χ1) is 14.8. The van der Waals surface area contributed by atoms with Crippen LogP contribution in [0.25, 0.3) is 0 Å². The highest BCUT2D eigenvalue weighted by Crippen LogP contribution is 2.35. The average molecular weight is 427 g/mol. The van der Waals surface area contributed by atoms with E-state index in [-0.39, 0.29) is 11.9 Å². The van der Waals surface area contributed by atoms with Gasteiger partial charge in [0.1, 0.15) is 17.4 Å². The summed E-state index contributed by atoms with van der Waals surface area (Å²) in [4.78, 5) is 26.2. The van der Waals surface area contributed by atoms with Crippen molar-refractivity contribution in [3.63, 3.8) is 0 Å². The maximum absolute atomic E-state index is 13.0. The molecule has 0 bridgehead atoms. The Kier molecular flexibility index (Phi) is 7.17. The van der Waals surface area contributed by atoms with Gasteiger partial charge in [-0.1, -0.05) is 24.3 Å². The molecule has 3 atom stereocenters. The summed E-state index contributed by atoms with van der Waals surface area (Å²) in [6.45, 7) is 2.85. The summed E-state index contributed by atoms with van der Waals surface area (Å²) in [7, 11) is 3.22. The fraction of sp³-hybridized carbons (Fsp3) is 0.417. The van der Waals surface area contributed by atoms with Crippen molar-refractivity contribution >= 4 is 11.9 Å². The van der Waals surface area contributed by atoms with Crippen LogP contribution in [-0.2, 0) is 27.2 Å². The van der Waals surface area contributed by atoms with Gasteiger partial charge in [-0.2, -0.15) is 0 Å². The van der Waals surface area contributed by atoms with Gasteiger partial charge in [-0.05, 0) is 55.2 Å². The molecule has 0 aliphatic carbocycles. The van der Waals surface area contributed by atoms with E-state index in [9.17, 15) is 14.7 Å². The van der Waals surface area contributed by atoms with Crippen molar-refractivity contribution in [1.29, 1.82) is 0 Å². The summed E-state index contributed by atoms with van der Waals surface area (Å²) < 4.78 is 15.9. The standard InChI is InChI=1S/C24H29NO6/c1-15(26)22-23(28)25(24(22)31-16(2)27)19(13-17-5-9-20(29-3)10-6-17)14-18-7-11-21(30-4)12-8-18/h5-12,15,19,22,24,26H,13-14H2,1-4H3. The van der Waals surface area contributed by atoms with E-state index in [1.807, 2.05) is 48.5 Å². The summed E-state index contributed by atoms with van der Waals surface area (Å²) in [5.74, 6) is 0.0529. The normalized spacial score (nSPS) is 19.0. The fourth-order valence-corrected chi connectivity index (χ4v) is 3.98. The van der Waals surface area contributed by atoms with Crippen molar-refractivity contribution in [3.8, 4) is 11.5 Å². The molecule has 0 saturated carbocycles. The highest BCUT2D eigenvalue weighted by Gasteiger charge is 2.54. The van der Waals surface area contributed by atoms with E-state index in [1.165, 1.54) is 6.92 Å². The first kappa shape index (κ1) is 22.6. The average Bonchev–Trinajstić information content (AvgIpc) is 2.74. The lowest BCUT2D eigenvalue weighted by molar-refractivity contribution is -0.213. The number of carbonyl (C=O) groups is 2. The largest absolute Gasteiger partial charge is 0.497 e. The van der Waals surface area contributed by atoms with E-state index in [0.29, 0.717) is 12.8 Å². The summed E-state index contributed by atoms with van der Waals surface area (Å²) in [5, 5.41) is 10.1. The first-order valence-corrected chi connectivity index (χ1v) is 10.3. The summed E-state index contributed by atoms with van der Waals surface area (Å²) >= 11 is 0. The van der Waals surface area contributed by atoms with Crippen LogP contribution in [0.2, 0.25) is 0 Å². The quantitative estimate of drug-likeness (QED) is 0.489. The van der Waals surface area contributed by atoms with Gasteiger partial charge >= 0.3 is 5.97 Å². The van der Waals surface area contributed by atoms with E-state index in [4.69, 9.17) is 14.2 Å². The number of carbonyl (C=O) groups excluding carboxylic acids is 2. The van der Waals surface area contributed by atoms with Gasteiger partial charge in [0.15, 0.2) is 6.23 Å². The topological polar surface area (TPSA) is 85.3 Å². The fourth-order valence-electron chi connectivity index (χ4n) is 3.98. The van der Waals surface area contributed by atoms with Crippen molar-refractivity contribution in [2.45, 2.75) is 45.1 Å². The lowest BCUT2D eigenvalue weighted by Crippen LogP contribution is -2.69. The highest BCUT2D eigenvalue weighted by atomic mass is 16.6. The van der Waals surface area contributed by atoms with Crippen LogP contribution in [0.4, 0.5) is 0 Å². The number of amides is 1. The number of ether oxygens (including phenoxy) is 3. The lowest BCUT2D eigenvalue weighted by atomic mass is 9.85. The molecule has 1 aliphatic heterocycles. The molecular weight excluding hydrogens is 398 g/mol. The van der Waals surface area contributed by atoms with Crippen LogP contribution in [-0.4, -0.2) is 54.5 Å². The Morgan fingerprint density at radius 1 is 0.968 bits per heavy atom. The number of methoxy groups -OCH3 is 2. The van der Waals surface area contributed by atoms with Crippen LogP contribution < -0.4 is 9.47 Å². The van der Waals surface area contributed by atoms with Crippen LogP contribution in [0.15, 0.2) is 48.5 Å². The van der Waals surface area contributed by atoms with E-state index in [1.54, 1.807) is 26.0 Å². The Morgan fingerprint density at radius 3 is 1.77 bits per heavy atom. The number of nitrogens with zero attached hydrogens (tertiary/aromatic N) is 1. The minimum atomic E-state index is -0.907. The number of likely N-dealkylation sites (tertiary alicyclic amines) is 1. The zero-order valence-corrected chi connectivity index (χ0v) is 18.3. The van der Waals surface area contributed by atoms with Crippen molar-refractivity contribution in [3.05, 3.63) is 59.7 Å². The maximum atomic E-state index is 13.0. The van der Waals surface area contributed by atoms with Gasteiger partial charge < -0.3 is 24.2 Å². The Bertz CT molecular complexity index is 844. The molecule has 1 fully saturated rings. The second kappa shape index (κ2) is 9.83. The van der Waals surface area contributed by atoms with E-state index >= 15 is 0 Å². The van der Waals surface area contributed by atoms with Crippen LogP contribution >= 0.6 is 0 Å². The second-order valence-electron chi connectivity index (χ2n) is 7.77. The number of hydrogen-bond acceptors (Lipinski definition) is 6. The minimum absolute atomic E-state index is 0.215. The molecule has 31 heavy (non-hydrogen) atoms. The van der Waals surface area contributed by atoms with Gasteiger partial charge in [0.25, 0.3) is 0 Å². The second-order valence-corrected chi connectivity index (χ2v) is 7.77. The molecule has 7 nitrogen and oxygen atoms in total. The molecule has 0 aromatic heterocycles. The van der Waals surface area contributed by atoms with E-state index in [0.717, 1.165) is 22.6 Å². The third-order valence-corrected chi connectivity index (χ3v) is 5.58. The zero-order chi connectivity index (χ0) is 22.5. The Morgan fingerprint density at radius 2 is 1.42 bits per heavy atom. The molecule has 0 radical (unpaired) electrons. The lowest BCUT2D eigenvalue weighted by Gasteiger charge is -2.50. The predicted octanol–water partition coefficient (Wildman–Crippen LogP) is 2.59. The van der Waals surface area contributed by atoms with Crippen molar-refractivity contribution < 1.29 is 28.9 Å². The zero-order valence-electron chi connectivity index (χ0n) is 18.3. The maximum Gasteiger partial charge on any atom is 0.304 e. The molecule has 2 aromatic carbocycles. The van der Waals surface area contributed by atoms with Crippen molar-refractivity contribution in [2.24, 2.45) is 5.92 Å². The number of hydrogen-bond donors (Lipinski definition) is 1. The third-order valence-electron chi connectivity index (χ3n) is 5.58. The van der Waals surface area contributed by atoms with E-state index in [2.05, 4.69) is 0 Å². The van der Waals surface area contributed by atoms with Gasteiger partial charge in [-0.15, -0.1) is 0 Å². The number of aliphatic hydroxyl groups is 1. The van der Waals surface area contributed by atoms with Gasteiger partial charge in [-0.25, -0.2) is 0 Å². The predicted molar refractivity (Wildman–Crippen MR) is 115 cm³/mol. The molecule has 7 heteroatoms. The van der Waals surface area contributed by atoms with Crippen LogP contribution in [0.5, 0.6) is 11.5 Å². The third kappa shape index (κ3) is 5.17. The Labute approximate surface area is 182 Å². The molecular formula is C24H29NO6. The molecule has 0 spiro atoms. The van der Waals surface area contributed by atoms with Crippen molar-refractivity contribution in [2.75, 3.05) is 14.2 Å². The molecule has 1 heterocycles. The van der Waals surface area contributed by atoms with Gasteiger partial charge in [0, 0.05) is 13.0 Å². The Balaban J connectivity index is 1.88. The molecule has 1 N–H and O–H groups in total. The highest BCUT2D eigenvalue weighted by molar-refractivity contribution is 5.87. The molecule has 1 aliphatic rings.